The van der Waals surface area contributed by atoms with Crippen LogP contribution in [0.2, 0.25) is 5.02 Å². The minimum absolute atomic E-state index is 0.146. The van der Waals surface area contributed by atoms with E-state index in [1.807, 2.05) is 52.0 Å². The Balaban J connectivity index is 2.07. The Morgan fingerprint density at radius 1 is 1.17 bits per heavy atom. The van der Waals surface area contributed by atoms with Crippen LogP contribution in [0.3, 0.4) is 0 Å². The SMILES string of the molecule is CCOCc1ccc(OCc2cnn(C(C)(C)C)c(=O)c2Cl)cc1. The maximum absolute atomic E-state index is 12.3. The van der Waals surface area contributed by atoms with Gasteiger partial charge in [0, 0.05) is 12.2 Å². The van der Waals surface area contributed by atoms with Crippen LogP contribution in [0.15, 0.2) is 35.3 Å². The first kappa shape index (κ1) is 18.5. The second kappa shape index (κ2) is 7.81. The van der Waals surface area contributed by atoms with E-state index in [2.05, 4.69) is 5.10 Å². The van der Waals surface area contributed by atoms with Crippen LogP contribution >= 0.6 is 11.6 Å². The fraction of sp³-hybridized carbons (Fsp3) is 0.444. The third-order valence-corrected chi connectivity index (χ3v) is 3.82. The molecule has 0 saturated carbocycles. The van der Waals surface area contributed by atoms with Crippen LogP contribution in [0, 0.1) is 0 Å². The summed E-state index contributed by atoms with van der Waals surface area (Å²) in [5.74, 6) is 0.700. The van der Waals surface area contributed by atoms with Gasteiger partial charge in [0.25, 0.3) is 5.56 Å². The van der Waals surface area contributed by atoms with Gasteiger partial charge in [-0.25, -0.2) is 4.68 Å². The fourth-order valence-electron chi connectivity index (χ4n) is 2.11. The van der Waals surface area contributed by atoms with Gasteiger partial charge in [-0.2, -0.15) is 5.10 Å². The van der Waals surface area contributed by atoms with Crippen molar-refractivity contribution in [2.45, 2.75) is 46.4 Å². The fourth-order valence-corrected chi connectivity index (χ4v) is 2.29. The van der Waals surface area contributed by atoms with Crippen LogP contribution in [0.1, 0.15) is 38.8 Å². The zero-order valence-electron chi connectivity index (χ0n) is 14.5. The molecule has 0 N–H and O–H groups in total. The first-order valence-corrected chi connectivity index (χ1v) is 8.27. The van der Waals surface area contributed by atoms with Crippen molar-refractivity contribution in [3.63, 3.8) is 0 Å². The van der Waals surface area contributed by atoms with E-state index in [-0.39, 0.29) is 17.2 Å². The molecule has 130 valence electrons. The Morgan fingerprint density at radius 3 is 2.42 bits per heavy atom. The topological polar surface area (TPSA) is 53.4 Å². The van der Waals surface area contributed by atoms with Gasteiger partial charge in [0.05, 0.1) is 18.3 Å². The van der Waals surface area contributed by atoms with E-state index in [1.54, 1.807) is 6.20 Å². The molecule has 5 nitrogen and oxygen atoms in total. The van der Waals surface area contributed by atoms with Gasteiger partial charge >= 0.3 is 0 Å². The van der Waals surface area contributed by atoms with E-state index in [1.165, 1.54) is 4.68 Å². The molecule has 0 saturated heterocycles. The lowest BCUT2D eigenvalue weighted by atomic mass is 10.1. The van der Waals surface area contributed by atoms with Gasteiger partial charge in [-0.1, -0.05) is 23.7 Å². The Morgan fingerprint density at radius 2 is 1.83 bits per heavy atom. The predicted octanol–water partition coefficient (Wildman–Crippen LogP) is 3.77. The average molecular weight is 351 g/mol. The molecule has 2 aromatic rings. The standard InChI is InChI=1S/C18H23ClN2O3/c1-5-23-11-13-6-8-15(9-7-13)24-12-14-10-20-21(18(2,3)4)17(22)16(14)19/h6-10H,5,11-12H2,1-4H3. The number of halogens is 1. The second-order valence-corrected chi connectivity index (χ2v) is 6.82. The van der Waals surface area contributed by atoms with Crippen molar-refractivity contribution in [1.82, 2.24) is 9.78 Å². The first-order chi connectivity index (χ1) is 11.3. The van der Waals surface area contributed by atoms with Crippen molar-refractivity contribution in [3.8, 4) is 5.75 Å². The van der Waals surface area contributed by atoms with Gasteiger partial charge in [0.1, 0.15) is 17.4 Å². The van der Waals surface area contributed by atoms with E-state index < -0.39 is 5.54 Å². The minimum Gasteiger partial charge on any atom is -0.489 e. The van der Waals surface area contributed by atoms with E-state index in [0.29, 0.717) is 24.5 Å². The zero-order valence-corrected chi connectivity index (χ0v) is 15.3. The zero-order chi connectivity index (χ0) is 17.7. The van der Waals surface area contributed by atoms with Crippen LogP contribution < -0.4 is 10.3 Å². The lowest BCUT2D eigenvalue weighted by molar-refractivity contribution is 0.134. The average Bonchev–Trinajstić information content (AvgIpc) is 2.54. The summed E-state index contributed by atoms with van der Waals surface area (Å²) in [5, 5.41) is 4.34. The van der Waals surface area contributed by atoms with Crippen molar-refractivity contribution in [2.75, 3.05) is 6.61 Å². The summed E-state index contributed by atoms with van der Waals surface area (Å²) in [7, 11) is 0. The van der Waals surface area contributed by atoms with E-state index in [9.17, 15) is 4.79 Å². The van der Waals surface area contributed by atoms with Crippen LogP contribution in [0.25, 0.3) is 0 Å². The number of rotatable bonds is 6. The molecule has 0 aliphatic rings. The van der Waals surface area contributed by atoms with Crippen molar-refractivity contribution in [1.29, 1.82) is 0 Å². The van der Waals surface area contributed by atoms with Gasteiger partial charge in [0.15, 0.2) is 0 Å². The van der Waals surface area contributed by atoms with E-state index >= 15 is 0 Å². The lowest BCUT2D eigenvalue weighted by Gasteiger charge is -2.21. The summed E-state index contributed by atoms with van der Waals surface area (Å²) in [4.78, 5) is 12.3. The molecule has 6 heteroatoms. The molecule has 0 radical (unpaired) electrons. The lowest BCUT2D eigenvalue weighted by Crippen LogP contribution is -2.36. The Hall–Kier alpha value is -1.85. The summed E-state index contributed by atoms with van der Waals surface area (Å²) in [6, 6.07) is 7.63. The minimum atomic E-state index is -0.420. The molecule has 1 heterocycles. The molecule has 24 heavy (non-hydrogen) atoms. The summed E-state index contributed by atoms with van der Waals surface area (Å²) in [6.07, 6.45) is 1.58. The molecule has 2 rings (SSSR count). The highest BCUT2D eigenvalue weighted by Gasteiger charge is 2.19. The maximum atomic E-state index is 12.3. The first-order valence-electron chi connectivity index (χ1n) is 7.89. The van der Waals surface area contributed by atoms with Gasteiger partial charge in [-0.3, -0.25) is 4.79 Å². The van der Waals surface area contributed by atoms with E-state index in [0.717, 1.165) is 5.56 Å². The quantitative estimate of drug-likeness (QED) is 0.795. The largest absolute Gasteiger partial charge is 0.489 e. The number of nitrogens with zero attached hydrogens (tertiary/aromatic N) is 2. The van der Waals surface area contributed by atoms with Crippen LogP contribution in [-0.4, -0.2) is 16.4 Å². The van der Waals surface area contributed by atoms with Crippen LogP contribution in [-0.2, 0) is 23.5 Å². The molecular weight excluding hydrogens is 328 g/mol. The second-order valence-electron chi connectivity index (χ2n) is 6.44. The Kier molecular flexibility index (Phi) is 6.02. The van der Waals surface area contributed by atoms with Crippen molar-refractivity contribution < 1.29 is 9.47 Å². The summed E-state index contributed by atoms with van der Waals surface area (Å²) in [6.45, 7) is 9.12. The number of aromatic nitrogens is 2. The number of ether oxygens (including phenoxy) is 2. The smallest absolute Gasteiger partial charge is 0.286 e. The molecule has 0 spiro atoms. The highest BCUT2D eigenvalue weighted by molar-refractivity contribution is 6.31. The van der Waals surface area contributed by atoms with E-state index in [4.69, 9.17) is 21.1 Å². The van der Waals surface area contributed by atoms with Gasteiger partial charge in [0.2, 0.25) is 0 Å². The summed E-state index contributed by atoms with van der Waals surface area (Å²) >= 11 is 6.18. The van der Waals surface area contributed by atoms with Crippen LogP contribution in [0.5, 0.6) is 5.75 Å². The maximum Gasteiger partial charge on any atom is 0.286 e. The van der Waals surface area contributed by atoms with Crippen molar-refractivity contribution >= 4 is 11.6 Å². The number of benzene rings is 1. The molecule has 0 aliphatic carbocycles. The molecule has 0 unspecified atom stereocenters. The third-order valence-electron chi connectivity index (χ3n) is 3.42. The number of hydrogen-bond acceptors (Lipinski definition) is 4. The van der Waals surface area contributed by atoms with Gasteiger partial charge in [-0.05, 0) is 45.4 Å². The molecule has 0 atom stereocenters. The summed E-state index contributed by atoms with van der Waals surface area (Å²) in [5.41, 5.74) is 0.922. The molecule has 0 bridgehead atoms. The summed E-state index contributed by atoms with van der Waals surface area (Å²) < 4.78 is 12.4. The van der Waals surface area contributed by atoms with Gasteiger partial charge < -0.3 is 9.47 Å². The monoisotopic (exact) mass is 350 g/mol. The normalized spacial score (nSPS) is 11.5. The highest BCUT2D eigenvalue weighted by Crippen LogP contribution is 2.18. The van der Waals surface area contributed by atoms with Gasteiger partial charge in [-0.15, -0.1) is 0 Å². The molecule has 0 aliphatic heterocycles. The predicted molar refractivity (Wildman–Crippen MR) is 94.6 cm³/mol. The van der Waals surface area contributed by atoms with Crippen molar-refractivity contribution in [3.05, 3.63) is 57.0 Å². The molecule has 1 aromatic carbocycles. The van der Waals surface area contributed by atoms with Crippen LogP contribution in [0.4, 0.5) is 0 Å². The Labute approximate surface area is 147 Å². The Bertz CT molecular complexity index is 733. The molecule has 0 amide bonds. The third kappa shape index (κ3) is 4.58. The highest BCUT2D eigenvalue weighted by atomic mass is 35.5. The van der Waals surface area contributed by atoms with Crippen molar-refractivity contribution in [2.24, 2.45) is 0 Å². The molecular formula is C18H23ClN2O3. The molecule has 1 aromatic heterocycles. The molecule has 0 fully saturated rings. The number of hydrogen-bond donors (Lipinski definition) is 0.